The molecule has 2 heteroatoms. The Bertz CT molecular complexity index is 610. The van der Waals surface area contributed by atoms with E-state index in [4.69, 9.17) is 0 Å². The number of halogens is 2. The van der Waals surface area contributed by atoms with Crippen LogP contribution in [0.25, 0.3) is 10.8 Å². The molecule has 0 nitrogen and oxygen atoms in total. The summed E-state index contributed by atoms with van der Waals surface area (Å²) in [5.74, 6) is 0.705. The molecule has 114 valence electrons. The first-order valence-electron chi connectivity index (χ1n) is 7.59. The van der Waals surface area contributed by atoms with Crippen LogP contribution in [0.2, 0.25) is 0 Å². The Morgan fingerprint density at radius 2 is 1.62 bits per heavy atom. The van der Waals surface area contributed by atoms with Crippen LogP contribution in [0.1, 0.15) is 50.9 Å². The zero-order valence-electron chi connectivity index (χ0n) is 13.3. The predicted molar refractivity (Wildman–Crippen MR) is 101 cm³/mol. The largest absolute Gasteiger partial charge is 0.0838 e. The van der Waals surface area contributed by atoms with Gasteiger partial charge in [0.2, 0.25) is 0 Å². The van der Waals surface area contributed by atoms with Gasteiger partial charge in [-0.05, 0) is 46.6 Å². The average Bonchev–Trinajstić information content (AvgIpc) is 2.37. The zero-order valence-corrected chi connectivity index (χ0v) is 16.5. The summed E-state index contributed by atoms with van der Waals surface area (Å²) in [6, 6.07) is 13.0. The number of hydrogen-bond donors (Lipinski definition) is 0. The predicted octanol–water partition coefficient (Wildman–Crippen LogP) is 7.50. The Labute approximate surface area is 145 Å². The van der Waals surface area contributed by atoms with Gasteiger partial charge < -0.3 is 0 Å². The molecule has 0 bridgehead atoms. The summed E-state index contributed by atoms with van der Waals surface area (Å²) in [5.41, 5.74) is 1.79. The molecule has 0 spiro atoms. The van der Waals surface area contributed by atoms with Gasteiger partial charge >= 0.3 is 0 Å². The lowest BCUT2D eigenvalue weighted by Gasteiger charge is -2.25. The first-order chi connectivity index (χ1) is 9.78. The van der Waals surface area contributed by atoms with Gasteiger partial charge in [0.1, 0.15) is 0 Å². The molecule has 0 saturated carbocycles. The first-order valence-corrected chi connectivity index (χ1v) is 9.30. The molecular weight excluding hydrogens is 388 g/mol. The molecule has 2 unspecified atom stereocenters. The highest BCUT2D eigenvalue weighted by atomic mass is 79.9. The minimum Gasteiger partial charge on any atom is -0.0838 e. The topological polar surface area (TPSA) is 0 Å². The van der Waals surface area contributed by atoms with E-state index in [-0.39, 0.29) is 0 Å². The van der Waals surface area contributed by atoms with E-state index in [0.29, 0.717) is 16.2 Å². The molecule has 2 aromatic carbocycles. The average molecular weight is 412 g/mol. The Morgan fingerprint density at radius 3 is 2.24 bits per heavy atom. The molecule has 0 amide bonds. The highest BCUT2D eigenvalue weighted by Gasteiger charge is 2.20. The SMILES string of the molecule is CC(CC(Br)c1ccc(Br)c2ccccc12)CC(C)(C)C. The lowest BCUT2D eigenvalue weighted by atomic mass is 9.83. The van der Waals surface area contributed by atoms with Gasteiger partial charge in [-0.15, -0.1) is 0 Å². The highest BCUT2D eigenvalue weighted by Crippen LogP contribution is 2.39. The number of benzene rings is 2. The van der Waals surface area contributed by atoms with E-state index < -0.39 is 0 Å². The second-order valence-electron chi connectivity index (χ2n) is 7.26. The lowest BCUT2D eigenvalue weighted by Crippen LogP contribution is -2.12. The van der Waals surface area contributed by atoms with E-state index in [0.717, 1.165) is 0 Å². The monoisotopic (exact) mass is 410 g/mol. The summed E-state index contributed by atoms with van der Waals surface area (Å²) in [6.45, 7) is 9.33. The van der Waals surface area contributed by atoms with Crippen LogP contribution >= 0.6 is 31.9 Å². The van der Waals surface area contributed by atoms with Crippen LogP contribution in [0.4, 0.5) is 0 Å². The van der Waals surface area contributed by atoms with Crippen LogP contribution in [0, 0.1) is 11.3 Å². The summed E-state index contributed by atoms with van der Waals surface area (Å²) in [7, 11) is 0. The van der Waals surface area contributed by atoms with Gasteiger partial charge in [0, 0.05) is 9.30 Å². The van der Waals surface area contributed by atoms with E-state index in [1.54, 1.807) is 0 Å². The molecule has 0 saturated heterocycles. The van der Waals surface area contributed by atoms with Crippen LogP contribution in [0.15, 0.2) is 40.9 Å². The van der Waals surface area contributed by atoms with Crippen LogP contribution in [0.5, 0.6) is 0 Å². The Balaban J connectivity index is 2.24. The molecule has 0 aliphatic carbocycles. The second kappa shape index (κ2) is 6.83. The Hall–Kier alpha value is -0.340. The molecule has 0 aliphatic heterocycles. The molecule has 0 fully saturated rings. The van der Waals surface area contributed by atoms with E-state index in [1.165, 1.54) is 33.7 Å². The second-order valence-corrected chi connectivity index (χ2v) is 9.22. The molecule has 2 atom stereocenters. The van der Waals surface area contributed by atoms with Crippen molar-refractivity contribution < 1.29 is 0 Å². The fraction of sp³-hybridized carbons (Fsp3) is 0.474. The standard InChI is InChI=1S/C19H24Br2/c1-13(12-19(2,3)4)11-18(21)16-9-10-17(20)15-8-6-5-7-14(15)16/h5-10,13,18H,11-12H2,1-4H3. The minimum absolute atomic E-state index is 0.397. The smallest absolute Gasteiger partial charge is 0.0404 e. The van der Waals surface area contributed by atoms with E-state index in [2.05, 4.69) is 96.0 Å². The van der Waals surface area contributed by atoms with Crippen molar-refractivity contribution in [3.63, 3.8) is 0 Å². The first kappa shape index (κ1) is 17.0. The summed E-state index contributed by atoms with van der Waals surface area (Å²) in [4.78, 5) is 0.410. The summed E-state index contributed by atoms with van der Waals surface area (Å²) < 4.78 is 1.17. The lowest BCUT2D eigenvalue weighted by molar-refractivity contribution is 0.297. The van der Waals surface area contributed by atoms with Crippen molar-refractivity contribution in [2.24, 2.45) is 11.3 Å². The van der Waals surface area contributed by atoms with Crippen molar-refractivity contribution in [1.29, 1.82) is 0 Å². The fourth-order valence-corrected chi connectivity index (χ4v) is 4.68. The van der Waals surface area contributed by atoms with Crippen LogP contribution in [-0.2, 0) is 0 Å². The van der Waals surface area contributed by atoms with Crippen molar-refractivity contribution in [2.75, 3.05) is 0 Å². The van der Waals surface area contributed by atoms with Crippen molar-refractivity contribution in [1.82, 2.24) is 0 Å². The third-order valence-corrected chi connectivity index (χ3v) is 5.37. The maximum absolute atomic E-state index is 3.92. The van der Waals surface area contributed by atoms with Gasteiger partial charge in [-0.3, -0.25) is 0 Å². The van der Waals surface area contributed by atoms with E-state index in [9.17, 15) is 0 Å². The number of alkyl halides is 1. The molecule has 0 heterocycles. The molecule has 2 aromatic rings. The quantitative estimate of drug-likeness (QED) is 0.456. The third-order valence-electron chi connectivity index (χ3n) is 3.81. The van der Waals surface area contributed by atoms with Crippen molar-refractivity contribution in [2.45, 2.75) is 45.4 Å². The van der Waals surface area contributed by atoms with Gasteiger partial charge in [0.25, 0.3) is 0 Å². The van der Waals surface area contributed by atoms with Crippen LogP contribution < -0.4 is 0 Å². The normalized spacial score (nSPS) is 15.1. The number of fused-ring (bicyclic) bond motifs is 1. The van der Waals surface area contributed by atoms with Gasteiger partial charge in [0.05, 0.1) is 0 Å². The Kier molecular flexibility index (Phi) is 5.54. The molecular formula is C19H24Br2. The third kappa shape index (κ3) is 4.56. The van der Waals surface area contributed by atoms with Crippen LogP contribution in [0.3, 0.4) is 0 Å². The maximum Gasteiger partial charge on any atom is 0.0404 e. The van der Waals surface area contributed by atoms with Gasteiger partial charge in [0.15, 0.2) is 0 Å². The Morgan fingerprint density at radius 1 is 1.00 bits per heavy atom. The molecule has 21 heavy (non-hydrogen) atoms. The molecule has 0 aromatic heterocycles. The zero-order chi connectivity index (χ0) is 15.6. The van der Waals surface area contributed by atoms with Crippen molar-refractivity contribution in [3.05, 3.63) is 46.4 Å². The highest BCUT2D eigenvalue weighted by molar-refractivity contribution is 9.10. The van der Waals surface area contributed by atoms with Gasteiger partial charge in [-0.25, -0.2) is 0 Å². The van der Waals surface area contributed by atoms with Crippen LogP contribution in [-0.4, -0.2) is 0 Å². The summed E-state index contributed by atoms with van der Waals surface area (Å²) in [5, 5.41) is 2.64. The fourth-order valence-electron chi connectivity index (χ4n) is 3.17. The maximum atomic E-state index is 3.92. The van der Waals surface area contributed by atoms with Crippen molar-refractivity contribution in [3.8, 4) is 0 Å². The van der Waals surface area contributed by atoms with E-state index >= 15 is 0 Å². The molecule has 0 aliphatic rings. The molecule has 0 N–H and O–H groups in total. The summed E-state index contributed by atoms with van der Waals surface area (Å²) >= 11 is 7.58. The number of rotatable bonds is 4. The van der Waals surface area contributed by atoms with Crippen molar-refractivity contribution >= 4 is 42.6 Å². The minimum atomic E-state index is 0.397. The summed E-state index contributed by atoms with van der Waals surface area (Å²) in [6.07, 6.45) is 2.42. The molecule has 2 rings (SSSR count). The van der Waals surface area contributed by atoms with E-state index in [1.807, 2.05) is 0 Å². The van der Waals surface area contributed by atoms with Gasteiger partial charge in [-0.2, -0.15) is 0 Å². The molecule has 0 radical (unpaired) electrons. The number of hydrogen-bond acceptors (Lipinski definition) is 0. The van der Waals surface area contributed by atoms with Gasteiger partial charge in [-0.1, -0.05) is 89.9 Å².